The van der Waals surface area contributed by atoms with Gasteiger partial charge >= 0.3 is 6.18 Å². The third-order valence-electron chi connectivity index (χ3n) is 4.30. The van der Waals surface area contributed by atoms with E-state index in [1.165, 1.54) is 25.3 Å². The third kappa shape index (κ3) is 5.86. The number of carbonyl (C=O) groups excluding carboxylic acids is 2. The van der Waals surface area contributed by atoms with Gasteiger partial charge in [-0.3, -0.25) is 14.9 Å². The highest BCUT2D eigenvalue weighted by molar-refractivity contribution is 6.48. The minimum absolute atomic E-state index is 0.0700. The molecule has 0 atom stereocenters. The number of hydrogen-bond donors (Lipinski definition) is 2. The second-order valence-corrected chi connectivity index (χ2v) is 6.59. The number of carbonyl (C=O) groups is 2. The number of nitrogens with two attached hydrogens (primary N) is 1. The number of oxime groups is 1. The van der Waals surface area contributed by atoms with Crippen molar-refractivity contribution in [2.75, 3.05) is 13.0 Å². The molecule has 2 rings (SSSR count). The Hall–Kier alpha value is -3.37. The van der Waals surface area contributed by atoms with Crippen LogP contribution in [0.4, 0.5) is 13.2 Å². The molecule has 0 aromatic heterocycles. The highest BCUT2D eigenvalue weighted by Gasteiger charge is 2.30. The molecule has 170 valence electrons. The zero-order chi connectivity index (χ0) is 23.9. The molecule has 0 aliphatic rings. The molecular formula is C21H19ClF3N3O4. The molecule has 11 heteroatoms. The first kappa shape index (κ1) is 24.9. The van der Waals surface area contributed by atoms with E-state index in [1.54, 1.807) is 25.1 Å². The summed E-state index contributed by atoms with van der Waals surface area (Å²) in [4.78, 5) is 33.9. The first-order valence-corrected chi connectivity index (χ1v) is 9.53. The van der Waals surface area contributed by atoms with Gasteiger partial charge in [0.05, 0.1) is 5.56 Å². The van der Waals surface area contributed by atoms with Gasteiger partial charge in [0.15, 0.2) is 11.5 Å². The summed E-state index contributed by atoms with van der Waals surface area (Å²) in [5.41, 5.74) is 0.205. The number of alkyl halides is 4. The van der Waals surface area contributed by atoms with Crippen LogP contribution in [0.1, 0.15) is 29.2 Å². The van der Waals surface area contributed by atoms with Crippen LogP contribution in [-0.2, 0) is 25.4 Å². The smallest absolute Gasteiger partial charge is 0.411 e. The molecule has 2 aromatic carbocycles. The molecule has 0 heterocycles. The third-order valence-corrected chi connectivity index (χ3v) is 4.55. The predicted octanol–water partition coefficient (Wildman–Crippen LogP) is 3.72. The van der Waals surface area contributed by atoms with Gasteiger partial charge in [-0.15, -0.1) is 11.6 Å². The van der Waals surface area contributed by atoms with Crippen molar-refractivity contribution < 1.29 is 32.4 Å². The van der Waals surface area contributed by atoms with Gasteiger partial charge < -0.3 is 9.68 Å². The molecule has 0 bridgehead atoms. The van der Waals surface area contributed by atoms with Crippen LogP contribution in [0.25, 0.3) is 11.3 Å². The van der Waals surface area contributed by atoms with Crippen LogP contribution in [0.2, 0.25) is 0 Å². The molecule has 2 amide bonds. The molecule has 0 saturated carbocycles. The lowest BCUT2D eigenvalue weighted by Crippen LogP contribution is -2.37. The van der Waals surface area contributed by atoms with Gasteiger partial charge in [0.2, 0.25) is 5.91 Å². The van der Waals surface area contributed by atoms with Gasteiger partial charge in [-0.1, -0.05) is 41.6 Å². The van der Waals surface area contributed by atoms with Crippen molar-refractivity contribution in [3.8, 4) is 0 Å². The van der Waals surface area contributed by atoms with E-state index in [-0.39, 0.29) is 22.6 Å². The van der Waals surface area contributed by atoms with Gasteiger partial charge in [0.1, 0.15) is 13.0 Å². The standard InChI is InChI=1S/C21H19ClF3N3O4/c1-12(13-7-9-14(10-8-13)21(23,24)25)19(32-26)16-6-4-3-5-15(16)18(28-31-2)20(30)27-17(29)11-22/h3-10H,11,26H2,1-2H3,(H,27,29,30)/b19-12+,28-18+. The number of rotatable bonds is 7. The van der Waals surface area contributed by atoms with Crippen LogP contribution < -0.4 is 11.2 Å². The van der Waals surface area contributed by atoms with Crippen LogP contribution in [-0.4, -0.2) is 30.5 Å². The molecule has 32 heavy (non-hydrogen) atoms. The quantitative estimate of drug-likeness (QED) is 0.211. The van der Waals surface area contributed by atoms with E-state index >= 15 is 0 Å². The van der Waals surface area contributed by atoms with Crippen molar-refractivity contribution in [2.45, 2.75) is 13.1 Å². The van der Waals surface area contributed by atoms with Gasteiger partial charge in [0, 0.05) is 16.7 Å². The zero-order valence-corrected chi connectivity index (χ0v) is 17.8. The molecule has 7 nitrogen and oxygen atoms in total. The lowest BCUT2D eigenvalue weighted by molar-refractivity contribution is -0.137. The van der Waals surface area contributed by atoms with Gasteiger partial charge in [0.25, 0.3) is 5.91 Å². The van der Waals surface area contributed by atoms with E-state index < -0.39 is 29.4 Å². The summed E-state index contributed by atoms with van der Waals surface area (Å²) in [6, 6.07) is 10.7. The van der Waals surface area contributed by atoms with E-state index in [1.807, 2.05) is 0 Å². The number of amides is 2. The second-order valence-electron chi connectivity index (χ2n) is 6.33. The number of hydrogen-bond acceptors (Lipinski definition) is 6. The van der Waals surface area contributed by atoms with Gasteiger partial charge in [-0.2, -0.15) is 19.1 Å². The van der Waals surface area contributed by atoms with Crippen molar-refractivity contribution in [1.82, 2.24) is 5.32 Å². The Morgan fingerprint density at radius 1 is 1.09 bits per heavy atom. The van der Waals surface area contributed by atoms with Crippen LogP contribution in [0, 0.1) is 0 Å². The predicted molar refractivity (Wildman–Crippen MR) is 113 cm³/mol. The van der Waals surface area contributed by atoms with Crippen LogP contribution >= 0.6 is 11.6 Å². The Balaban J connectivity index is 2.59. The zero-order valence-electron chi connectivity index (χ0n) is 17.0. The summed E-state index contributed by atoms with van der Waals surface area (Å²) in [6.07, 6.45) is -4.48. The Labute approximate surface area is 186 Å². The molecular weight excluding hydrogens is 451 g/mol. The molecule has 0 aliphatic heterocycles. The van der Waals surface area contributed by atoms with E-state index in [0.717, 1.165) is 12.1 Å². The van der Waals surface area contributed by atoms with Crippen molar-refractivity contribution in [3.05, 3.63) is 70.8 Å². The molecule has 2 aromatic rings. The normalized spacial score (nSPS) is 12.7. The van der Waals surface area contributed by atoms with Crippen LogP contribution in [0.3, 0.4) is 0 Å². The highest BCUT2D eigenvalue weighted by Crippen LogP contribution is 2.32. The Kier molecular flexibility index (Phi) is 8.39. The lowest BCUT2D eigenvalue weighted by Gasteiger charge is -2.16. The minimum Gasteiger partial charge on any atom is -0.411 e. The fourth-order valence-corrected chi connectivity index (χ4v) is 2.87. The van der Waals surface area contributed by atoms with E-state index in [2.05, 4.69) is 10.5 Å². The van der Waals surface area contributed by atoms with Crippen molar-refractivity contribution in [2.24, 2.45) is 11.1 Å². The number of halogens is 4. The molecule has 0 saturated heterocycles. The summed E-state index contributed by atoms with van der Waals surface area (Å²) in [5, 5.41) is 5.76. The number of nitrogens with zero attached hydrogens (tertiary/aromatic N) is 1. The summed E-state index contributed by atoms with van der Waals surface area (Å²) < 4.78 is 38.6. The summed E-state index contributed by atoms with van der Waals surface area (Å²) in [5.74, 6) is 3.48. The number of nitrogens with one attached hydrogen (secondary N) is 1. The molecule has 0 unspecified atom stereocenters. The van der Waals surface area contributed by atoms with Crippen LogP contribution in [0.5, 0.6) is 0 Å². The SMILES string of the molecule is CO/N=C(/C(=O)NC(=O)CCl)c1ccccc1/C(ON)=C(/C)c1ccc(C(F)(F)F)cc1. The first-order chi connectivity index (χ1) is 15.1. The summed E-state index contributed by atoms with van der Waals surface area (Å²) >= 11 is 5.43. The monoisotopic (exact) mass is 469 g/mol. The second kappa shape index (κ2) is 10.8. The summed E-state index contributed by atoms with van der Waals surface area (Å²) in [7, 11) is 1.21. The van der Waals surface area contributed by atoms with Crippen molar-refractivity contribution in [3.63, 3.8) is 0 Å². The fourth-order valence-electron chi connectivity index (χ4n) is 2.81. The topological polar surface area (TPSA) is 103 Å². The number of benzene rings is 2. The lowest BCUT2D eigenvalue weighted by atomic mass is 9.96. The molecule has 0 spiro atoms. The fraction of sp³-hybridized carbons (Fsp3) is 0.190. The van der Waals surface area contributed by atoms with E-state index in [0.29, 0.717) is 11.1 Å². The van der Waals surface area contributed by atoms with E-state index in [4.69, 9.17) is 27.2 Å². The molecule has 0 aliphatic carbocycles. The largest absolute Gasteiger partial charge is 0.416 e. The maximum absolute atomic E-state index is 12.9. The minimum atomic E-state index is -4.48. The van der Waals surface area contributed by atoms with E-state index in [9.17, 15) is 22.8 Å². The van der Waals surface area contributed by atoms with Gasteiger partial charge in [-0.05, 0) is 24.6 Å². The van der Waals surface area contributed by atoms with Crippen molar-refractivity contribution in [1.29, 1.82) is 0 Å². The van der Waals surface area contributed by atoms with Crippen LogP contribution in [0.15, 0.2) is 53.7 Å². The average Bonchev–Trinajstić information content (AvgIpc) is 2.77. The Morgan fingerprint density at radius 3 is 2.19 bits per heavy atom. The Bertz CT molecular complexity index is 1050. The maximum Gasteiger partial charge on any atom is 0.416 e. The Morgan fingerprint density at radius 2 is 1.69 bits per heavy atom. The molecule has 0 fully saturated rings. The average molecular weight is 470 g/mol. The summed E-state index contributed by atoms with van der Waals surface area (Å²) in [6.45, 7) is 1.59. The number of allylic oxidation sites excluding steroid dienone is 1. The van der Waals surface area contributed by atoms with Crippen molar-refractivity contribution >= 4 is 40.5 Å². The highest BCUT2D eigenvalue weighted by atomic mass is 35.5. The molecule has 0 radical (unpaired) electrons. The maximum atomic E-state index is 12.9. The molecule has 3 N–H and O–H groups in total. The first-order valence-electron chi connectivity index (χ1n) is 9.00. The number of imide groups is 1. The van der Waals surface area contributed by atoms with Gasteiger partial charge in [-0.25, -0.2) is 0 Å².